The Hall–Kier alpha value is -0.570. The van der Waals surface area contributed by atoms with Gasteiger partial charge in [0.2, 0.25) is 6.41 Å². The lowest BCUT2D eigenvalue weighted by Crippen LogP contribution is -2.26. The zero-order valence-corrected chi connectivity index (χ0v) is 5.05. The summed E-state index contributed by atoms with van der Waals surface area (Å²) >= 11 is 0. The zero-order chi connectivity index (χ0) is 6.41. The minimum atomic E-state index is 0.220. The first-order chi connectivity index (χ1) is 3.81. The largest absolute Gasteiger partial charge is 0.356 e. The minimum absolute atomic E-state index is 0.220. The van der Waals surface area contributed by atoms with Gasteiger partial charge in [0, 0.05) is 6.04 Å². The van der Waals surface area contributed by atoms with Crippen molar-refractivity contribution in [2.24, 2.45) is 5.73 Å². The molecule has 0 saturated carbocycles. The number of nitrogens with one attached hydrogen (secondary N) is 1. The van der Waals surface area contributed by atoms with Gasteiger partial charge in [-0.1, -0.05) is 0 Å². The average molecular weight is 116 g/mol. The molecule has 0 aromatic heterocycles. The van der Waals surface area contributed by atoms with E-state index in [1.165, 1.54) is 0 Å². The molecule has 3 nitrogen and oxygen atoms in total. The molecular formula is C5H12N2O. The van der Waals surface area contributed by atoms with Gasteiger partial charge in [0.15, 0.2) is 0 Å². The lowest BCUT2D eigenvalue weighted by atomic mass is 10.2. The highest BCUT2D eigenvalue weighted by Crippen LogP contribution is 1.82. The van der Waals surface area contributed by atoms with E-state index in [-0.39, 0.29) is 6.04 Å². The van der Waals surface area contributed by atoms with Gasteiger partial charge in [-0.25, -0.2) is 0 Å². The second-order valence-corrected chi connectivity index (χ2v) is 1.76. The van der Waals surface area contributed by atoms with Crippen LogP contribution in [0.15, 0.2) is 0 Å². The van der Waals surface area contributed by atoms with Gasteiger partial charge in [0.25, 0.3) is 0 Å². The van der Waals surface area contributed by atoms with Crippen LogP contribution in [0.25, 0.3) is 0 Å². The van der Waals surface area contributed by atoms with Crippen molar-refractivity contribution in [3.8, 4) is 0 Å². The molecule has 3 N–H and O–H groups in total. The summed E-state index contributed by atoms with van der Waals surface area (Å²) in [5, 5.41) is 2.59. The van der Waals surface area contributed by atoms with E-state index in [2.05, 4.69) is 5.32 Å². The fourth-order valence-corrected chi connectivity index (χ4v) is 0.449. The molecule has 0 spiro atoms. The molecule has 0 aromatic rings. The standard InChI is InChI=1S/C5H12N2O/c1-5(2-3-6)7-4-8/h4-5H,2-3,6H2,1H3,(H,7,8). The highest BCUT2D eigenvalue weighted by molar-refractivity contribution is 5.46. The minimum Gasteiger partial charge on any atom is -0.356 e. The van der Waals surface area contributed by atoms with E-state index in [4.69, 9.17) is 5.73 Å². The summed E-state index contributed by atoms with van der Waals surface area (Å²) in [5.41, 5.74) is 5.20. The predicted molar refractivity (Wildman–Crippen MR) is 32.3 cm³/mol. The van der Waals surface area contributed by atoms with Crippen molar-refractivity contribution in [3.05, 3.63) is 0 Å². The van der Waals surface area contributed by atoms with Gasteiger partial charge in [-0.3, -0.25) is 4.79 Å². The average Bonchev–Trinajstić information content (AvgIpc) is 1.68. The summed E-state index contributed by atoms with van der Waals surface area (Å²) in [6.45, 7) is 2.54. The number of hydrogen-bond donors (Lipinski definition) is 2. The molecule has 0 heterocycles. The van der Waals surface area contributed by atoms with E-state index in [1.54, 1.807) is 0 Å². The highest BCUT2D eigenvalue weighted by atomic mass is 16.1. The van der Waals surface area contributed by atoms with E-state index in [9.17, 15) is 4.79 Å². The van der Waals surface area contributed by atoms with Crippen LogP contribution in [0.1, 0.15) is 13.3 Å². The number of carbonyl (C=O) groups excluding carboxylic acids is 1. The normalized spacial score (nSPS) is 12.8. The topological polar surface area (TPSA) is 55.1 Å². The Kier molecular flexibility index (Phi) is 4.26. The van der Waals surface area contributed by atoms with Crippen LogP contribution < -0.4 is 11.1 Å². The van der Waals surface area contributed by atoms with Gasteiger partial charge in [0.1, 0.15) is 0 Å². The molecular weight excluding hydrogens is 104 g/mol. The van der Waals surface area contributed by atoms with Gasteiger partial charge in [0.05, 0.1) is 0 Å². The Morgan fingerprint density at radius 3 is 2.88 bits per heavy atom. The SMILES string of the molecule is CC(CCN)NC=O. The molecule has 0 fully saturated rings. The molecule has 0 aliphatic heterocycles. The summed E-state index contributed by atoms with van der Waals surface area (Å²) in [6, 6.07) is 0.220. The molecule has 3 heteroatoms. The molecule has 0 aliphatic rings. The Balaban J connectivity index is 3.03. The molecule has 0 saturated heterocycles. The maximum Gasteiger partial charge on any atom is 0.207 e. The monoisotopic (exact) mass is 116 g/mol. The van der Waals surface area contributed by atoms with E-state index in [0.717, 1.165) is 6.42 Å². The lowest BCUT2D eigenvalue weighted by molar-refractivity contribution is -0.110. The van der Waals surface area contributed by atoms with Crippen LogP contribution >= 0.6 is 0 Å². The summed E-state index contributed by atoms with van der Waals surface area (Å²) in [4.78, 5) is 9.74. The first kappa shape index (κ1) is 7.43. The molecule has 0 aliphatic carbocycles. The molecule has 1 atom stereocenters. The number of hydrogen-bond acceptors (Lipinski definition) is 2. The van der Waals surface area contributed by atoms with Crippen LogP contribution in [-0.4, -0.2) is 19.0 Å². The second-order valence-electron chi connectivity index (χ2n) is 1.76. The van der Waals surface area contributed by atoms with E-state index < -0.39 is 0 Å². The molecule has 48 valence electrons. The molecule has 1 amide bonds. The third-order valence-electron chi connectivity index (χ3n) is 0.952. The molecule has 8 heavy (non-hydrogen) atoms. The Labute approximate surface area is 49.3 Å². The fraction of sp³-hybridized carbons (Fsp3) is 0.800. The van der Waals surface area contributed by atoms with E-state index in [0.29, 0.717) is 13.0 Å². The fourth-order valence-electron chi connectivity index (χ4n) is 0.449. The van der Waals surface area contributed by atoms with Crippen molar-refractivity contribution in [2.75, 3.05) is 6.54 Å². The van der Waals surface area contributed by atoms with Crippen LogP contribution in [-0.2, 0) is 4.79 Å². The van der Waals surface area contributed by atoms with Crippen LogP contribution in [0.3, 0.4) is 0 Å². The second kappa shape index (κ2) is 4.59. The molecule has 0 radical (unpaired) electrons. The number of rotatable bonds is 4. The zero-order valence-electron chi connectivity index (χ0n) is 5.05. The van der Waals surface area contributed by atoms with Crippen LogP contribution in [0.5, 0.6) is 0 Å². The van der Waals surface area contributed by atoms with Crippen molar-refractivity contribution >= 4 is 6.41 Å². The molecule has 0 rings (SSSR count). The summed E-state index contributed by atoms with van der Waals surface area (Å²) in [6.07, 6.45) is 1.54. The highest BCUT2D eigenvalue weighted by Gasteiger charge is 1.93. The third kappa shape index (κ3) is 3.61. The maximum atomic E-state index is 9.74. The van der Waals surface area contributed by atoms with Crippen molar-refractivity contribution in [3.63, 3.8) is 0 Å². The Morgan fingerprint density at radius 2 is 2.50 bits per heavy atom. The first-order valence-electron chi connectivity index (χ1n) is 2.71. The quantitative estimate of drug-likeness (QED) is 0.485. The molecule has 0 bridgehead atoms. The lowest BCUT2D eigenvalue weighted by Gasteiger charge is -2.05. The van der Waals surface area contributed by atoms with Gasteiger partial charge < -0.3 is 11.1 Å². The van der Waals surface area contributed by atoms with Crippen LogP contribution in [0, 0.1) is 0 Å². The first-order valence-corrected chi connectivity index (χ1v) is 2.71. The molecule has 0 aromatic carbocycles. The van der Waals surface area contributed by atoms with E-state index in [1.807, 2.05) is 6.92 Å². The maximum absolute atomic E-state index is 9.74. The smallest absolute Gasteiger partial charge is 0.207 e. The van der Waals surface area contributed by atoms with Crippen molar-refractivity contribution in [1.29, 1.82) is 0 Å². The summed E-state index contributed by atoms with van der Waals surface area (Å²) in [5.74, 6) is 0. The van der Waals surface area contributed by atoms with Crippen molar-refractivity contribution < 1.29 is 4.79 Å². The number of carbonyl (C=O) groups is 1. The molecule has 1 unspecified atom stereocenters. The van der Waals surface area contributed by atoms with Gasteiger partial charge in [-0.15, -0.1) is 0 Å². The van der Waals surface area contributed by atoms with Crippen LogP contribution in [0.2, 0.25) is 0 Å². The van der Waals surface area contributed by atoms with Crippen molar-refractivity contribution in [2.45, 2.75) is 19.4 Å². The van der Waals surface area contributed by atoms with E-state index >= 15 is 0 Å². The number of amides is 1. The third-order valence-corrected chi connectivity index (χ3v) is 0.952. The number of nitrogens with two attached hydrogens (primary N) is 1. The summed E-state index contributed by atoms with van der Waals surface area (Å²) in [7, 11) is 0. The van der Waals surface area contributed by atoms with Gasteiger partial charge in [-0.2, -0.15) is 0 Å². The Bertz CT molecular complexity index is 65.4. The Morgan fingerprint density at radius 1 is 1.88 bits per heavy atom. The van der Waals surface area contributed by atoms with Crippen molar-refractivity contribution in [1.82, 2.24) is 5.32 Å². The van der Waals surface area contributed by atoms with Gasteiger partial charge >= 0.3 is 0 Å². The van der Waals surface area contributed by atoms with Gasteiger partial charge in [-0.05, 0) is 19.9 Å². The summed E-state index contributed by atoms with van der Waals surface area (Å²) < 4.78 is 0. The van der Waals surface area contributed by atoms with Crippen LogP contribution in [0.4, 0.5) is 0 Å². The predicted octanol–water partition coefficient (Wildman–Crippen LogP) is -0.530.